The van der Waals surface area contributed by atoms with Gasteiger partial charge in [-0.25, -0.2) is 4.98 Å². The van der Waals surface area contributed by atoms with Gasteiger partial charge < -0.3 is 4.90 Å². The van der Waals surface area contributed by atoms with Gasteiger partial charge in [0.15, 0.2) is 0 Å². The molecule has 3 nitrogen and oxygen atoms in total. The first-order valence-corrected chi connectivity index (χ1v) is 4.62. The Balaban J connectivity index is 2.33. The van der Waals surface area contributed by atoms with Crippen LogP contribution in [0.2, 0.25) is 0 Å². The number of hydrogen-bond donors (Lipinski definition) is 0. The van der Waals surface area contributed by atoms with Crippen molar-refractivity contribution in [2.45, 2.75) is 12.8 Å². The van der Waals surface area contributed by atoms with Crippen LogP contribution < -0.4 is 4.90 Å². The molecule has 0 aliphatic carbocycles. The zero-order valence-electron chi connectivity index (χ0n) is 7.70. The third kappa shape index (κ3) is 1.67. The fourth-order valence-electron chi connectivity index (χ4n) is 1.66. The van der Waals surface area contributed by atoms with Crippen molar-refractivity contribution in [3.8, 4) is 6.07 Å². The Kier molecular flexibility index (Phi) is 2.32. The van der Waals surface area contributed by atoms with Crippen molar-refractivity contribution in [2.75, 3.05) is 18.0 Å². The van der Waals surface area contributed by atoms with Crippen LogP contribution in [0.15, 0.2) is 12.1 Å². The van der Waals surface area contributed by atoms with Crippen LogP contribution in [-0.2, 0) is 0 Å². The minimum atomic E-state index is -0.578. The van der Waals surface area contributed by atoms with Crippen molar-refractivity contribution in [2.24, 2.45) is 0 Å². The van der Waals surface area contributed by atoms with Crippen molar-refractivity contribution in [1.82, 2.24) is 4.98 Å². The zero-order valence-corrected chi connectivity index (χ0v) is 7.70. The maximum absolute atomic E-state index is 13.0. The summed E-state index contributed by atoms with van der Waals surface area (Å²) in [6, 6.07) is 4.71. The number of hydrogen-bond acceptors (Lipinski definition) is 3. The molecular weight excluding hydrogens is 181 g/mol. The molecule has 0 atom stereocenters. The van der Waals surface area contributed by atoms with Gasteiger partial charge >= 0.3 is 0 Å². The molecule has 1 aliphatic heterocycles. The van der Waals surface area contributed by atoms with Gasteiger partial charge in [0.05, 0.1) is 11.6 Å². The molecule has 1 aromatic heterocycles. The van der Waals surface area contributed by atoms with E-state index in [9.17, 15) is 4.39 Å². The Morgan fingerprint density at radius 1 is 1.36 bits per heavy atom. The molecule has 1 aromatic rings. The number of pyridine rings is 1. The standard InChI is InChI=1S/C10H10FN3/c11-9-5-8(7-12)6-10(13-9)14-3-1-2-4-14/h5-6H,1-4H2. The highest BCUT2D eigenvalue weighted by Gasteiger charge is 2.14. The van der Waals surface area contributed by atoms with Gasteiger partial charge in [0.1, 0.15) is 5.82 Å². The van der Waals surface area contributed by atoms with Crippen LogP contribution in [0.1, 0.15) is 18.4 Å². The van der Waals surface area contributed by atoms with Crippen molar-refractivity contribution >= 4 is 5.82 Å². The summed E-state index contributed by atoms with van der Waals surface area (Å²) >= 11 is 0. The lowest BCUT2D eigenvalue weighted by Gasteiger charge is -2.15. The second-order valence-electron chi connectivity index (χ2n) is 3.34. The van der Waals surface area contributed by atoms with Crippen LogP contribution in [-0.4, -0.2) is 18.1 Å². The minimum Gasteiger partial charge on any atom is -0.356 e. The van der Waals surface area contributed by atoms with E-state index in [1.807, 2.05) is 11.0 Å². The third-order valence-corrected chi connectivity index (χ3v) is 2.34. The number of rotatable bonds is 1. The van der Waals surface area contributed by atoms with Crippen LogP contribution in [0.4, 0.5) is 10.2 Å². The zero-order chi connectivity index (χ0) is 9.97. The fourth-order valence-corrected chi connectivity index (χ4v) is 1.66. The normalized spacial score (nSPS) is 15.6. The molecule has 1 saturated heterocycles. The predicted octanol–water partition coefficient (Wildman–Crippen LogP) is 1.69. The van der Waals surface area contributed by atoms with Gasteiger partial charge in [0, 0.05) is 19.2 Å². The third-order valence-electron chi connectivity index (χ3n) is 2.34. The Bertz CT molecular complexity index is 377. The highest BCUT2D eigenvalue weighted by molar-refractivity contribution is 5.45. The summed E-state index contributed by atoms with van der Waals surface area (Å²) in [5.74, 6) is 0.00463. The average molecular weight is 191 g/mol. The van der Waals surface area contributed by atoms with E-state index in [0.29, 0.717) is 11.4 Å². The van der Waals surface area contributed by atoms with Gasteiger partial charge in [0.2, 0.25) is 5.95 Å². The predicted molar refractivity (Wildman–Crippen MR) is 50.4 cm³/mol. The molecule has 0 unspecified atom stereocenters. The van der Waals surface area contributed by atoms with E-state index < -0.39 is 5.95 Å². The van der Waals surface area contributed by atoms with Gasteiger partial charge in [-0.05, 0) is 18.9 Å². The van der Waals surface area contributed by atoms with Crippen LogP contribution in [0.25, 0.3) is 0 Å². The summed E-state index contributed by atoms with van der Waals surface area (Å²) in [4.78, 5) is 5.78. The molecule has 0 spiro atoms. The van der Waals surface area contributed by atoms with Gasteiger partial charge in [-0.2, -0.15) is 9.65 Å². The molecule has 72 valence electrons. The Hall–Kier alpha value is -1.63. The quantitative estimate of drug-likeness (QED) is 0.634. The van der Waals surface area contributed by atoms with E-state index in [0.717, 1.165) is 32.0 Å². The molecule has 2 heterocycles. The van der Waals surface area contributed by atoms with Gasteiger partial charge in [-0.3, -0.25) is 0 Å². The van der Waals surface area contributed by atoms with Crippen molar-refractivity contribution < 1.29 is 4.39 Å². The second-order valence-corrected chi connectivity index (χ2v) is 3.34. The number of anilines is 1. The van der Waals surface area contributed by atoms with Gasteiger partial charge in [-0.15, -0.1) is 0 Å². The minimum absolute atomic E-state index is 0.333. The molecule has 0 aromatic carbocycles. The van der Waals surface area contributed by atoms with E-state index in [4.69, 9.17) is 5.26 Å². The molecule has 0 bridgehead atoms. The van der Waals surface area contributed by atoms with Crippen LogP contribution in [0, 0.1) is 17.3 Å². The van der Waals surface area contributed by atoms with E-state index >= 15 is 0 Å². The Morgan fingerprint density at radius 3 is 2.71 bits per heavy atom. The highest BCUT2D eigenvalue weighted by Crippen LogP contribution is 2.19. The van der Waals surface area contributed by atoms with E-state index in [2.05, 4.69) is 4.98 Å². The molecule has 4 heteroatoms. The van der Waals surface area contributed by atoms with Crippen molar-refractivity contribution in [3.63, 3.8) is 0 Å². The monoisotopic (exact) mass is 191 g/mol. The maximum atomic E-state index is 13.0. The summed E-state index contributed by atoms with van der Waals surface area (Å²) in [6.45, 7) is 1.81. The molecule has 2 rings (SSSR count). The summed E-state index contributed by atoms with van der Waals surface area (Å²) in [5.41, 5.74) is 0.333. The number of halogens is 1. The lowest BCUT2D eigenvalue weighted by Crippen LogP contribution is -2.19. The Labute approximate surface area is 81.8 Å². The van der Waals surface area contributed by atoms with Crippen LogP contribution in [0.5, 0.6) is 0 Å². The first kappa shape index (κ1) is 8.95. The largest absolute Gasteiger partial charge is 0.356 e. The second kappa shape index (κ2) is 3.62. The van der Waals surface area contributed by atoms with Crippen LogP contribution in [0.3, 0.4) is 0 Å². The topological polar surface area (TPSA) is 39.9 Å². The van der Waals surface area contributed by atoms with Gasteiger partial charge in [0.25, 0.3) is 0 Å². The molecule has 0 N–H and O–H groups in total. The van der Waals surface area contributed by atoms with Gasteiger partial charge in [-0.1, -0.05) is 0 Å². The average Bonchev–Trinajstić information content (AvgIpc) is 2.69. The molecule has 0 radical (unpaired) electrons. The maximum Gasteiger partial charge on any atom is 0.216 e. The summed E-state index contributed by atoms with van der Waals surface area (Å²) in [6.07, 6.45) is 2.22. The molecule has 0 amide bonds. The molecule has 1 aliphatic rings. The summed E-state index contributed by atoms with van der Waals surface area (Å²) in [5, 5.41) is 8.67. The van der Waals surface area contributed by atoms with E-state index in [-0.39, 0.29) is 0 Å². The lowest BCUT2D eigenvalue weighted by molar-refractivity contribution is 0.582. The first-order chi connectivity index (χ1) is 6.79. The molecule has 1 fully saturated rings. The smallest absolute Gasteiger partial charge is 0.216 e. The SMILES string of the molecule is N#Cc1cc(F)nc(N2CCCC2)c1. The van der Waals surface area contributed by atoms with E-state index in [1.165, 1.54) is 0 Å². The Morgan fingerprint density at radius 2 is 2.07 bits per heavy atom. The molecular formula is C10H10FN3. The van der Waals surface area contributed by atoms with Crippen molar-refractivity contribution in [3.05, 3.63) is 23.6 Å². The van der Waals surface area contributed by atoms with Crippen molar-refractivity contribution in [1.29, 1.82) is 5.26 Å². The number of nitrogens with zero attached hydrogens (tertiary/aromatic N) is 3. The number of nitriles is 1. The van der Waals surface area contributed by atoms with E-state index in [1.54, 1.807) is 6.07 Å². The summed E-state index contributed by atoms with van der Waals surface area (Å²) < 4.78 is 13.0. The molecule has 14 heavy (non-hydrogen) atoms. The highest BCUT2D eigenvalue weighted by atomic mass is 19.1. The fraction of sp³-hybridized carbons (Fsp3) is 0.400. The number of aromatic nitrogens is 1. The summed E-state index contributed by atoms with van der Waals surface area (Å²) in [7, 11) is 0. The lowest BCUT2D eigenvalue weighted by atomic mass is 10.3. The van der Waals surface area contributed by atoms with Crippen LogP contribution >= 0.6 is 0 Å². The molecule has 0 saturated carbocycles. The first-order valence-electron chi connectivity index (χ1n) is 4.62.